The fraction of sp³-hybridized carbons (Fsp3) is 0.438. The molecule has 130 valence electrons. The number of rotatable bonds is 5. The summed E-state index contributed by atoms with van der Waals surface area (Å²) < 4.78 is 41.6. The predicted molar refractivity (Wildman–Crippen MR) is 89.9 cm³/mol. The van der Waals surface area contributed by atoms with Crippen LogP contribution >= 0.6 is 0 Å². The lowest BCUT2D eigenvalue weighted by Gasteiger charge is -2.35. The highest BCUT2D eigenvalue weighted by Gasteiger charge is 2.30. The van der Waals surface area contributed by atoms with Gasteiger partial charge in [0, 0.05) is 44.6 Å². The van der Waals surface area contributed by atoms with E-state index in [1.54, 1.807) is 29.2 Å². The molecule has 6 nitrogen and oxygen atoms in total. The van der Waals surface area contributed by atoms with Crippen molar-refractivity contribution in [1.82, 2.24) is 13.9 Å². The van der Waals surface area contributed by atoms with Gasteiger partial charge in [0.1, 0.15) is 5.82 Å². The Morgan fingerprint density at radius 1 is 1.12 bits per heavy atom. The summed E-state index contributed by atoms with van der Waals surface area (Å²) in [6, 6.07) is 6.26. The van der Waals surface area contributed by atoms with Crippen molar-refractivity contribution in [2.45, 2.75) is 24.9 Å². The molecule has 24 heavy (non-hydrogen) atoms. The van der Waals surface area contributed by atoms with E-state index in [1.807, 2.05) is 6.92 Å². The molecule has 1 aliphatic rings. The fourth-order valence-electron chi connectivity index (χ4n) is 2.82. The Balaban J connectivity index is 1.67. The normalized spacial score (nSPS) is 16.5. The van der Waals surface area contributed by atoms with Crippen LogP contribution in [0.1, 0.15) is 13.3 Å². The average Bonchev–Trinajstić information content (AvgIpc) is 3.06. The van der Waals surface area contributed by atoms with Gasteiger partial charge in [0.2, 0.25) is 0 Å². The van der Waals surface area contributed by atoms with Crippen molar-refractivity contribution in [2.24, 2.45) is 0 Å². The number of halogens is 1. The van der Waals surface area contributed by atoms with E-state index in [0.717, 1.165) is 18.7 Å². The van der Waals surface area contributed by atoms with Crippen molar-refractivity contribution in [1.29, 1.82) is 0 Å². The number of aromatic nitrogens is 2. The van der Waals surface area contributed by atoms with Gasteiger partial charge in [-0.25, -0.2) is 17.8 Å². The second kappa shape index (κ2) is 6.90. The standard InChI is InChI=1S/C16H21FN4O2S/c1-2-7-19-12-16(18-13-19)24(22,23)21-10-8-20(9-11-21)15-5-3-14(17)4-6-15/h3-6,12-13H,2,7-11H2,1H3. The number of hydrogen-bond donors (Lipinski definition) is 0. The summed E-state index contributed by atoms with van der Waals surface area (Å²) in [6.07, 6.45) is 4.07. The summed E-state index contributed by atoms with van der Waals surface area (Å²) in [5.41, 5.74) is 0.903. The zero-order valence-corrected chi connectivity index (χ0v) is 14.4. The van der Waals surface area contributed by atoms with E-state index in [4.69, 9.17) is 0 Å². The Hall–Kier alpha value is -1.93. The smallest absolute Gasteiger partial charge is 0.262 e. The summed E-state index contributed by atoms with van der Waals surface area (Å²) >= 11 is 0. The molecule has 8 heteroatoms. The van der Waals surface area contributed by atoms with E-state index in [0.29, 0.717) is 26.2 Å². The molecule has 1 saturated heterocycles. The molecule has 3 rings (SSSR count). The molecule has 2 aromatic rings. The Labute approximate surface area is 141 Å². The van der Waals surface area contributed by atoms with Gasteiger partial charge in [-0.05, 0) is 30.7 Å². The number of anilines is 1. The van der Waals surface area contributed by atoms with E-state index in [9.17, 15) is 12.8 Å². The Kier molecular flexibility index (Phi) is 4.86. The van der Waals surface area contributed by atoms with Crippen molar-refractivity contribution >= 4 is 15.7 Å². The van der Waals surface area contributed by atoms with Crippen molar-refractivity contribution in [3.05, 3.63) is 42.6 Å². The van der Waals surface area contributed by atoms with Gasteiger partial charge in [0.05, 0.1) is 6.33 Å². The third-order valence-corrected chi connectivity index (χ3v) is 5.91. The average molecular weight is 352 g/mol. The van der Waals surface area contributed by atoms with Crippen molar-refractivity contribution in [3.8, 4) is 0 Å². The number of hydrogen-bond acceptors (Lipinski definition) is 4. The lowest BCUT2D eigenvalue weighted by atomic mass is 10.2. The van der Waals surface area contributed by atoms with E-state index >= 15 is 0 Å². The zero-order chi connectivity index (χ0) is 17.2. The third kappa shape index (κ3) is 3.44. The molecule has 1 aliphatic heterocycles. The molecule has 0 atom stereocenters. The summed E-state index contributed by atoms with van der Waals surface area (Å²) in [5.74, 6) is -0.275. The molecule has 0 unspecified atom stereocenters. The van der Waals surface area contributed by atoms with E-state index in [1.165, 1.54) is 16.4 Å². The minimum Gasteiger partial charge on any atom is -0.369 e. The summed E-state index contributed by atoms with van der Waals surface area (Å²) in [6.45, 7) is 4.70. The molecule has 2 heterocycles. The molecule has 0 spiro atoms. The highest BCUT2D eigenvalue weighted by molar-refractivity contribution is 7.89. The van der Waals surface area contributed by atoms with Crippen LogP contribution in [0, 0.1) is 5.82 Å². The van der Waals surface area contributed by atoms with Gasteiger partial charge in [-0.2, -0.15) is 4.31 Å². The third-order valence-electron chi connectivity index (χ3n) is 4.13. The van der Waals surface area contributed by atoms with Crippen LogP contribution in [-0.2, 0) is 16.6 Å². The van der Waals surface area contributed by atoms with Crippen molar-refractivity contribution < 1.29 is 12.8 Å². The van der Waals surface area contributed by atoms with Gasteiger partial charge >= 0.3 is 0 Å². The number of sulfonamides is 1. The first-order valence-electron chi connectivity index (χ1n) is 8.03. The van der Waals surface area contributed by atoms with Gasteiger partial charge < -0.3 is 9.47 Å². The molecular weight excluding hydrogens is 331 g/mol. The molecule has 0 N–H and O–H groups in total. The Morgan fingerprint density at radius 2 is 1.79 bits per heavy atom. The molecule has 1 aromatic heterocycles. The minimum absolute atomic E-state index is 0.103. The van der Waals surface area contributed by atoms with Crippen LogP contribution in [0.15, 0.2) is 41.8 Å². The van der Waals surface area contributed by atoms with Crippen LogP contribution in [-0.4, -0.2) is 48.5 Å². The molecule has 0 saturated carbocycles. The second-order valence-corrected chi connectivity index (χ2v) is 7.70. The highest BCUT2D eigenvalue weighted by atomic mass is 32.2. The van der Waals surface area contributed by atoms with Crippen LogP contribution in [0.3, 0.4) is 0 Å². The van der Waals surface area contributed by atoms with Crippen LogP contribution in [0.4, 0.5) is 10.1 Å². The summed E-state index contributed by atoms with van der Waals surface area (Å²) in [5, 5.41) is 0.103. The van der Waals surface area contributed by atoms with Crippen LogP contribution in [0.5, 0.6) is 0 Å². The van der Waals surface area contributed by atoms with Gasteiger partial charge in [0.25, 0.3) is 10.0 Å². The number of piperazine rings is 1. The van der Waals surface area contributed by atoms with Gasteiger partial charge in [-0.1, -0.05) is 6.92 Å². The van der Waals surface area contributed by atoms with Gasteiger partial charge in [-0.3, -0.25) is 0 Å². The molecule has 0 bridgehead atoms. The molecule has 1 aromatic carbocycles. The number of nitrogens with zero attached hydrogens (tertiary/aromatic N) is 4. The van der Waals surface area contributed by atoms with Crippen LogP contribution < -0.4 is 4.90 Å². The van der Waals surface area contributed by atoms with Crippen molar-refractivity contribution in [2.75, 3.05) is 31.1 Å². The molecule has 1 fully saturated rings. The maximum atomic E-state index is 13.0. The maximum absolute atomic E-state index is 13.0. The number of benzene rings is 1. The van der Waals surface area contributed by atoms with E-state index in [-0.39, 0.29) is 10.8 Å². The first-order chi connectivity index (χ1) is 11.5. The molecule has 0 aliphatic carbocycles. The summed E-state index contributed by atoms with van der Waals surface area (Å²) in [4.78, 5) is 6.10. The molecule has 0 amide bonds. The minimum atomic E-state index is -3.56. The van der Waals surface area contributed by atoms with Crippen LogP contribution in [0.2, 0.25) is 0 Å². The molecular formula is C16H21FN4O2S. The summed E-state index contributed by atoms with van der Waals surface area (Å²) in [7, 11) is -3.56. The highest BCUT2D eigenvalue weighted by Crippen LogP contribution is 2.20. The Bertz CT molecular complexity index is 781. The monoisotopic (exact) mass is 352 g/mol. The largest absolute Gasteiger partial charge is 0.369 e. The lowest BCUT2D eigenvalue weighted by molar-refractivity contribution is 0.383. The molecule has 0 radical (unpaired) electrons. The number of imidazole rings is 1. The quantitative estimate of drug-likeness (QED) is 0.825. The zero-order valence-electron chi connectivity index (χ0n) is 13.6. The SMILES string of the molecule is CCCn1cnc(S(=O)(=O)N2CCN(c3ccc(F)cc3)CC2)c1. The van der Waals surface area contributed by atoms with E-state index < -0.39 is 10.0 Å². The number of aryl methyl sites for hydroxylation is 1. The second-order valence-electron chi connectivity index (χ2n) is 5.82. The first kappa shape index (κ1) is 16.9. The van der Waals surface area contributed by atoms with Gasteiger partial charge in [-0.15, -0.1) is 0 Å². The Morgan fingerprint density at radius 3 is 2.42 bits per heavy atom. The van der Waals surface area contributed by atoms with Crippen LogP contribution in [0.25, 0.3) is 0 Å². The van der Waals surface area contributed by atoms with Gasteiger partial charge in [0.15, 0.2) is 5.03 Å². The first-order valence-corrected chi connectivity index (χ1v) is 9.47. The fourth-order valence-corrected chi connectivity index (χ4v) is 4.18. The topological polar surface area (TPSA) is 58.4 Å². The lowest BCUT2D eigenvalue weighted by Crippen LogP contribution is -2.48. The van der Waals surface area contributed by atoms with E-state index in [2.05, 4.69) is 9.88 Å². The predicted octanol–water partition coefficient (Wildman–Crippen LogP) is 1.94. The van der Waals surface area contributed by atoms with Crippen molar-refractivity contribution in [3.63, 3.8) is 0 Å². The maximum Gasteiger partial charge on any atom is 0.262 e.